The molecular weight excluding hydrogens is 542 g/mol. The number of hydrogen-bond acceptors (Lipinski definition) is 6. The van der Waals surface area contributed by atoms with Crippen molar-refractivity contribution in [3.8, 4) is 11.5 Å². The molecule has 0 radical (unpaired) electrons. The van der Waals surface area contributed by atoms with Gasteiger partial charge in [-0.15, -0.1) is 0 Å². The zero-order valence-corrected chi connectivity index (χ0v) is 25.1. The zero-order chi connectivity index (χ0) is 30.0. The molecule has 3 aromatic rings. The molecule has 0 bridgehead atoms. The van der Waals surface area contributed by atoms with Crippen LogP contribution in [0.2, 0.25) is 0 Å². The highest BCUT2D eigenvalue weighted by Crippen LogP contribution is 2.33. The molecule has 0 saturated carbocycles. The van der Waals surface area contributed by atoms with Gasteiger partial charge in [-0.25, -0.2) is 8.42 Å². The van der Waals surface area contributed by atoms with E-state index in [4.69, 9.17) is 9.47 Å². The van der Waals surface area contributed by atoms with Crippen LogP contribution in [-0.4, -0.2) is 58.5 Å². The second-order valence-corrected chi connectivity index (χ2v) is 11.6. The highest BCUT2D eigenvalue weighted by molar-refractivity contribution is 7.92. The van der Waals surface area contributed by atoms with Gasteiger partial charge in [0, 0.05) is 13.1 Å². The smallest absolute Gasteiger partial charge is 0.264 e. The Morgan fingerprint density at radius 1 is 0.951 bits per heavy atom. The summed E-state index contributed by atoms with van der Waals surface area (Å²) in [5.41, 5.74) is 1.78. The summed E-state index contributed by atoms with van der Waals surface area (Å²) in [5, 5.41) is 2.88. The lowest BCUT2D eigenvalue weighted by atomic mass is 10.1. The van der Waals surface area contributed by atoms with Gasteiger partial charge in [-0.3, -0.25) is 13.9 Å². The van der Waals surface area contributed by atoms with Gasteiger partial charge in [-0.1, -0.05) is 49.7 Å². The number of unbranched alkanes of at least 4 members (excludes halogenated alkanes) is 1. The van der Waals surface area contributed by atoms with Crippen molar-refractivity contribution in [2.24, 2.45) is 0 Å². The van der Waals surface area contributed by atoms with E-state index < -0.39 is 28.5 Å². The molecule has 0 spiro atoms. The molecule has 9 nitrogen and oxygen atoms in total. The third-order valence-electron chi connectivity index (χ3n) is 6.72. The second kappa shape index (κ2) is 14.5. The summed E-state index contributed by atoms with van der Waals surface area (Å²) in [7, 11) is -1.18. The number of nitrogens with zero attached hydrogens (tertiary/aromatic N) is 2. The van der Waals surface area contributed by atoms with E-state index >= 15 is 0 Å². The summed E-state index contributed by atoms with van der Waals surface area (Å²) in [4.78, 5) is 28.6. The van der Waals surface area contributed by atoms with Crippen molar-refractivity contribution in [3.63, 3.8) is 0 Å². The molecule has 3 rings (SSSR count). The van der Waals surface area contributed by atoms with E-state index in [0.717, 1.165) is 28.3 Å². The molecule has 0 fully saturated rings. The number of ether oxygens (including phenoxy) is 2. The van der Waals surface area contributed by atoms with Crippen molar-refractivity contribution in [2.45, 2.75) is 51.1 Å². The number of aryl methyl sites for hydroxylation is 1. The fraction of sp³-hybridized carbons (Fsp3) is 0.355. The molecule has 1 N–H and O–H groups in total. The van der Waals surface area contributed by atoms with Crippen molar-refractivity contribution < 1.29 is 27.5 Å². The maximum Gasteiger partial charge on any atom is 0.264 e. The monoisotopic (exact) mass is 581 g/mol. The average Bonchev–Trinajstić information content (AvgIpc) is 2.98. The number of amides is 2. The van der Waals surface area contributed by atoms with Crippen LogP contribution in [0.3, 0.4) is 0 Å². The van der Waals surface area contributed by atoms with Crippen molar-refractivity contribution in [1.29, 1.82) is 0 Å². The Kier molecular flexibility index (Phi) is 11.2. The van der Waals surface area contributed by atoms with E-state index in [1.807, 2.05) is 26.0 Å². The SMILES string of the molecule is CCCCNC(=O)C(C)N(Cc1ccc(OC)cc1)C(=O)CN(c1cc(C)ccc1OC)S(=O)(=O)c1ccccc1. The standard InChI is InChI=1S/C31H39N3O6S/c1-6-7-19-32-31(36)24(3)33(21-25-14-16-26(39-4)17-15-25)30(35)22-34(28-20-23(2)13-18-29(28)40-5)41(37,38)27-11-9-8-10-12-27/h8-18,20,24H,6-7,19,21-22H2,1-5H3,(H,32,36). The summed E-state index contributed by atoms with van der Waals surface area (Å²) >= 11 is 0. The van der Waals surface area contributed by atoms with Gasteiger partial charge in [-0.2, -0.15) is 0 Å². The molecule has 0 saturated heterocycles. The van der Waals surface area contributed by atoms with Gasteiger partial charge >= 0.3 is 0 Å². The first kappa shape index (κ1) is 31.5. The summed E-state index contributed by atoms with van der Waals surface area (Å²) in [5.74, 6) is 0.103. The molecule has 0 aliphatic carbocycles. The third kappa shape index (κ3) is 8.00. The van der Waals surface area contributed by atoms with Crippen LogP contribution in [0.4, 0.5) is 5.69 Å². The van der Waals surface area contributed by atoms with E-state index in [-0.39, 0.29) is 23.0 Å². The van der Waals surface area contributed by atoms with Crippen molar-refractivity contribution in [2.75, 3.05) is 31.6 Å². The number of nitrogens with one attached hydrogen (secondary N) is 1. The van der Waals surface area contributed by atoms with Crippen molar-refractivity contribution in [3.05, 3.63) is 83.9 Å². The number of carbonyl (C=O) groups excluding carboxylic acids is 2. The maximum absolute atomic E-state index is 14.1. The largest absolute Gasteiger partial charge is 0.497 e. The lowest BCUT2D eigenvalue weighted by Gasteiger charge is -2.32. The molecular formula is C31H39N3O6S. The van der Waals surface area contributed by atoms with Gasteiger partial charge in [0.1, 0.15) is 24.1 Å². The van der Waals surface area contributed by atoms with Gasteiger partial charge in [0.25, 0.3) is 10.0 Å². The Labute approximate surface area is 243 Å². The molecule has 10 heteroatoms. The molecule has 220 valence electrons. The van der Waals surface area contributed by atoms with Crippen LogP contribution in [0, 0.1) is 6.92 Å². The van der Waals surface area contributed by atoms with E-state index in [9.17, 15) is 18.0 Å². The number of anilines is 1. The van der Waals surface area contributed by atoms with Gasteiger partial charge < -0.3 is 19.7 Å². The van der Waals surface area contributed by atoms with Crippen LogP contribution in [0.5, 0.6) is 11.5 Å². The second-order valence-electron chi connectivity index (χ2n) is 9.69. The number of rotatable bonds is 14. The lowest BCUT2D eigenvalue weighted by Crippen LogP contribution is -2.51. The molecule has 0 aliphatic heterocycles. The van der Waals surface area contributed by atoms with Crippen LogP contribution < -0.4 is 19.1 Å². The Morgan fingerprint density at radius 3 is 2.24 bits per heavy atom. The summed E-state index contributed by atoms with van der Waals surface area (Å²) < 4.78 is 39.8. The fourth-order valence-electron chi connectivity index (χ4n) is 4.27. The van der Waals surface area contributed by atoms with Crippen LogP contribution in [-0.2, 0) is 26.2 Å². The van der Waals surface area contributed by atoms with Gasteiger partial charge in [-0.05, 0) is 67.8 Å². The topological polar surface area (TPSA) is 105 Å². The first-order chi connectivity index (χ1) is 19.6. The predicted molar refractivity (Wildman–Crippen MR) is 160 cm³/mol. The third-order valence-corrected chi connectivity index (χ3v) is 8.50. The summed E-state index contributed by atoms with van der Waals surface area (Å²) in [6.07, 6.45) is 1.72. The quantitative estimate of drug-likeness (QED) is 0.280. The van der Waals surface area contributed by atoms with Crippen LogP contribution in [0.25, 0.3) is 0 Å². The molecule has 0 aromatic heterocycles. The van der Waals surface area contributed by atoms with E-state index in [1.165, 1.54) is 24.1 Å². The van der Waals surface area contributed by atoms with Gasteiger partial charge in [0.2, 0.25) is 11.8 Å². The highest BCUT2D eigenvalue weighted by atomic mass is 32.2. The minimum Gasteiger partial charge on any atom is -0.497 e. The van der Waals surface area contributed by atoms with E-state index in [2.05, 4.69) is 5.32 Å². The van der Waals surface area contributed by atoms with Gasteiger partial charge in [0.05, 0.1) is 24.8 Å². The van der Waals surface area contributed by atoms with Crippen LogP contribution in [0.15, 0.2) is 77.7 Å². The molecule has 2 amide bonds. The van der Waals surface area contributed by atoms with E-state index in [1.54, 1.807) is 62.6 Å². The minimum absolute atomic E-state index is 0.0309. The normalized spacial score (nSPS) is 11.8. The molecule has 0 heterocycles. The maximum atomic E-state index is 14.1. The number of sulfonamides is 1. The van der Waals surface area contributed by atoms with Crippen molar-refractivity contribution in [1.82, 2.24) is 10.2 Å². The summed E-state index contributed by atoms with van der Waals surface area (Å²) in [6.45, 7) is 5.54. The molecule has 1 unspecified atom stereocenters. The molecule has 41 heavy (non-hydrogen) atoms. The Morgan fingerprint density at radius 2 is 1.63 bits per heavy atom. The Hall–Kier alpha value is -4.05. The van der Waals surface area contributed by atoms with Crippen molar-refractivity contribution >= 4 is 27.5 Å². The number of methoxy groups -OCH3 is 2. The zero-order valence-electron chi connectivity index (χ0n) is 24.3. The Balaban J connectivity index is 2.05. The molecule has 3 aromatic carbocycles. The predicted octanol–water partition coefficient (Wildman–Crippen LogP) is 4.54. The van der Waals surface area contributed by atoms with Crippen LogP contribution >= 0.6 is 0 Å². The van der Waals surface area contributed by atoms with Gasteiger partial charge in [0.15, 0.2) is 0 Å². The fourth-order valence-corrected chi connectivity index (χ4v) is 5.71. The summed E-state index contributed by atoms with van der Waals surface area (Å²) in [6, 6.07) is 19.4. The first-order valence-corrected chi connectivity index (χ1v) is 15.0. The molecule has 0 aliphatic rings. The lowest BCUT2D eigenvalue weighted by molar-refractivity contribution is -0.139. The average molecular weight is 582 g/mol. The highest BCUT2D eigenvalue weighted by Gasteiger charge is 2.33. The number of hydrogen-bond donors (Lipinski definition) is 1. The molecule has 1 atom stereocenters. The van der Waals surface area contributed by atoms with E-state index in [0.29, 0.717) is 18.0 Å². The first-order valence-electron chi connectivity index (χ1n) is 13.5. The Bertz CT molecular complexity index is 1410. The number of benzene rings is 3. The minimum atomic E-state index is -4.19. The van der Waals surface area contributed by atoms with Crippen LogP contribution in [0.1, 0.15) is 37.8 Å². The number of carbonyl (C=O) groups is 2.